The standard InChI is InChI=1S/C16H16N2O5S/c19-11(14-2-1-5-24-14)8-18-16(21)15(20)17-7-10-3-4-12-13(6-10)23-9-22-12/h1-6,11,19H,7-9H2,(H,17,20)(H,18,21). The number of ether oxygens (including phenoxy) is 2. The van der Waals surface area contributed by atoms with Gasteiger partial charge < -0.3 is 25.2 Å². The lowest BCUT2D eigenvalue weighted by Crippen LogP contribution is -2.41. The van der Waals surface area contributed by atoms with Crippen LogP contribution >= 0.6 is 11.3 Å². The van der Waals surface area contributed by atoms with Crippen molar-refractivity contribution in [3.8, 4) is 11.5 Å². The Bertz CT molecular complexity index is 732. The Morgan fingerprint density at radius 2 is 1.96 bits per heavy atom. The summed E-state index contributed by atoms with van der Waals surface area (Å²) in [6.07, 6.45) is -0.824. The largest absolute Gasteiger partial charge is 0.454 e. The molecule has 2 amide bonds. The Labute approximate surface area is 142 Å². The number of hydrogen-bond donors (Lipinski definition) is 3. The first kappa shape index (κ1) is 16.3. The molecule has 1 aliphatic rings. The lowest BCUT2D eigenvalue weighted by Gasteiger charge is -2.10. The predicted molar refractivity (Wildman–Crippen MR) is 86.7 cm³/mol. The van der Waals surface area contributed by atoms with Crippen LogP contribution in [0.5, 0.6) is 11.5 Å². The monoisotopic (exact) mass is 348 g/mol. The zero-order valence-corrected chi connectivity index (χ0v) is 13.5. The van der Waals surface area contributed by atoms with E-state index in [-0.39, 0.29) is 19.9 Å². The molecule has 1 aliphatic heterocycles. The molecular weight excluding hydrogens is 332 g/mol. The zero-order valence-electron chi connectivity index (χ0n) is 12.7. The van der Waals surface area contributed by atoms with Crippen LogP contribution in [0.15, 0.2) is 35.7 Å². The van der Waals surface area contributed by atoms with Gasteiger partial charge in [0.1, 0.15) is 6.10 Å². The Balaban J connectivity index is 1.45. The van der Waals surface area contributed by atoms with Crippen molar-refractivity contribution in [1.29, 1.82) is 0 Å². The van der Waals surface area contributed by atoms with Crippen LogP contribution in [0.1, 0.15) is 16.5 Å². The van der Waals surface area contributed by atoms with Gasteiger partial charge in [0.2, 0.25) is 6.79 Å². The van der Waals surface area contributed by atoms with Crippen LogP contribution in [0.4, 0.5) is 0 Å². The Morgan fingerprint density at radius 3 is 2.75 bits per heavy atom. The van der Waals surface area contributed by atoms with Crippen LogP contribution in [0, 0.1) is 0 Å². The highest BCUT2D eigenvalue weighted by Gasteiger charge is 2.17. The van der Waals surface area contributed by atoms with Gasteiger partial charge in [-0.05, 0) is 29.1 Å². The van der Waals surface area contributed by atoms with E-state index in [0.717, 1.165) is 10.4 Å². The van der Waals surface area contributed by atoms with Crippen LogP contribution < -0.4 is 20.1 Å². The van der Waals surface area contributed by atoms with E-state index < -0.39 is 17.9 Å². The maximum absolute atomic E-state index is 11.8. The molecule has 3 N–H and O–H groups in total. The minimum Gasteiger partial charge on any atom is -0.454 e. The van der Waals surface area contributed by atoms with Gasteiger partial charge in [-0.1, -0.05) is 12.1 Å². The van der Waals surface area contributed by atoms with Crippen molar-refractivity contribution in [2.24, 2.45) is 0 Å². The number of rotatable bonds is 5. The molecule has 0 spiro atoms. The highest BCUT2D eigenvalue weighted by atomic mass is 32.1. The van der Waals surface area contributed by atoms with Crippen molar-refractivity contribution in [3.63, 3.8) is 0 Å². The lowest BCUT2D eigenvalue weighted by atomic mass is 10.2. The van der Waals surface area contributed by atoms with Crippen molar-refractivity contribution >= 4 is 23.2 Å². The average molecular weight is 348 g/mol. The van der Waals surface area contributed by atoms with Gasteiger partial charge in [0.05, 0.1) is 0 Å². The van der Waals surface area contributed by atoms with Crippen LogP contribution in [-0.2, 0) is 16.1 Å². The van der Waals surface area contributed by atoms with Gasteiger partial charge in [0, 0.05) is 18.0 Å². The van der Waals surface area contributed by atoms with Crippen LogP contribution in [0.3, 0.4) is 0 Å². The summed E-state index contributed by atoms with van der Waals surface area (Å²) < 4.78 is 10.5. The molecule has 1 unspecified atom stereocenters. The molecule has 7 nitrogen and oxygen atoms in total. The van der Waals surface area contributed by atoms with E-state index >= 15 is 0 Å². The molecule has 0 bridgehead atoms. The van der Waals surface area contributed by atoms with E-state index in [4.69, 9.17) is 9.47 Å². The molecular formula is C16H16N2O5S. The highest BCUT2D eigenvalue weighted by Crippen LogP contribution is 2.32. The van der Waals surface area contributed by atoms with Crippen LogP contribution in [0.2, 0.25) is 0 Å². The fourth-order valence-electron chi connectivity index (χ4n) is 2.16. The molecule has 1 aromatic carbocycles. The molecule has 0 radical (unpaired) electrons. The number of benzene rings is 1. The molecule has 1 atom stereocenters. The molecule has 8 heteroatoms. The molecule has 1 aromatic heterocycles. The summed E-state index contributed by atoms with van der Waals surface area (Å²) in [5, 5.41) is 16.6. The van der Waals surface area contributed by atoms with E-state index in [1.54, 1.807) is 24.3 Å². The van der Waals surface area contributed by atoms with Gasteiger partial charge in [-0.15, -0.1) is 11.3 Å². The van der Waals surface area contributed by atoms with Gasteiger partial charge in [0.25, 0.3) is 0 Å². The van der Waals surface area contributed by atoms with Crippen molar-refractivity contribution in [3.05, 3.63) is 46.2 Å². The van der Waals surface area contributed by atoms with Gasteiger partial charge >= 0.3 is 11.8 Å². The van der Waals surface area contributed by atoms with Gasteiger partial charge in [-0.25, -0.2) is 0 Å². The first-order chi connectivity index (χ1) is 11.6. The number of amides is 2. The second-order valence-electron chi connectivity index (χ2n) is 5.11. The lowest BCUT2D eigenvalue weighted by molar-refractivity contribution is -0.139. The molecule has 2 heterocycles. The summed E-state index contributed by atoms with van der Waals surface area (Å²) in [5.74, 6) is -0.270. The first-order valence-corrected chi connectivity index (χ1v) is 8.17. The minimum absolute atomic E-state index is 0.0171. The molecule has 126 valence electrons. The van der Waals surface area contributed by atoms with Gasteiger partial charge in [0.15, 0.2) is 11.5 Å². The molecule has 0 saturated heterocycles. The fraction of sp³-hybridized carbons (Fsp3) is 0.250. The maximum atomic E-state index is 11.8. The highest BCUT2D eigenvalue weighted by molar-refractivity contribution is 7.10. The second-order valence-corrected chi connectivity index (χ2v) is 6.09. The Morgan fingerprint density at radius 1 is 1.17 bits per heavy atom. The van der Waals surface area contributed by atoms with E-state index in [9.17, 15) is 14.7 Å². The topological polar surface area (TPSA) is 96.9 Å². The number of nitrogens with one attached hydrogen (secondary N) is 2. The van der Waals surface area contributed by atoms with Crippen molar-refractivity contribution < 1.29 is 24.2 Å². The number of aliphatic hydroxyl groups is 1. The maximum Gasteiger partial charge on any atom is 0.309 e. The van der Waals surface area contributed by atoms with E-state index in [0.29, 0.717) is 11.5 Å². The zero-order chi connectivity index (χ0) is 16.9. The summed E-state index contributed by atoms with van der Waals surface area (Å²) in [6, 6.07) is 8.86. The Kier molecular flexibility index (Phi) is 4.97. The average Bonchev–Trinajstić information content (AvgIpc) is 3.27. The predicted octanol–water partition coefficient (Wildman–Crippen LogP) is 0.943. The van der Waals surface area contributed by atoms with E-state index in [1.807, 2.05) is 11.4 Å². The van der Waals surface area contributed by atoms with Crippen molar-refractivity contribution in [1.82, 2.24) is 10.6 Å². The SMILES string of the molecule is O=C(NCc1ccc2c(c1)OCO2)C(=O)NCC(O)c1cccs1. The van der Waals surface area contributed by atoms with E-state index in [1.165, 1.54) is 11.3 Å². The quantitative estimate of drug-likeness (QED) is 0.699. The smallest absolute Gasteiger partial charge is 0.309 e. The van der Waals surface area contributed by atoms with Crippen molar-refractivity contribution in [2.75, 3.05) is 13.3 Å². The number of aliphatic hydroxyl groups excluding tert-OH is 1. The summed E-state index contributed by atoms with van der Waals surface area (Å²) >= 11 is 1.38. The number of thiophene rings is 1. The summed E-state index contributed by atoms with van der Waals surface area (Å²) in [7, 11) is 0. The third-order valence-corrected chi connectivity index (χ3v) is 4.40. The van der Waals surface area contributed by atoms with Gasteiger partial charge in [-0.3, -0.25) is 9.59 Å². The minimum atomic E-state index is -0.824. The number of carbonyl (C=O) groups excluding carboxylic acids is 2. The second kappa shape index (κ2) is 7.33. The third-order valence-electron chi connectivity index (χ3n) is 3.42. The third kappa shape index (κ3) is 3.84. The first-order valence-electron chi connectivity index (χ1n) is 7.29. The van der Waals surface area contributed by atoms with E-state index in [2.05, 4.69) is 10.6 Å². The molecule has 0 fully saturated rings. The molecule has 3 rings (SSSR count). The fourth-order valence-corrected chi connectivity index (χ4v) is 2.88. The number of hydrogen-bond acceptors (Lipinski definition) is 6. The molecule has 2 aromatic rings. The van der Waals surface area contributed by atoms with Gasteiger partial charge in [-0.2, -0.15) is 0 Å². The number of carbonyl (C=O) groups is 2. The van der Waals surface area contributed by atoms with Crippen molar-refractivity contribution in [2.45, 2.75) is 12.6 Å². The number of fused-ring (bicyclic) bond motifs is 1. The Hall–Kier alpha value is -2.58. The summed E-state index contributed by atoms with van der Waals surface area (Å²) in [6.45, 7) is 0.354. The molecule has 0 aliphatic carbocycles. The molecule has 24 heavy (non-hydrogen) atoms. The summed E-state index contributed by atoms with van der Waals surface area (Å²) in [5.41, 5.74) is 0.791. The van der Waals surface area contributed by atoms with Crippen LogP contribution in [0.25, 0.3) is 0 Å². The molecule has 0 saturated carbocycles. The summed E-state index contributed by atoms with van der Waals surface area (Å²) in [4.78, 5) is 24.3. The van der Waals surface area contributed by atoms with Crippen LogP contribution in [-0.4, -0.2) is 30.3 Å². The normalized spacial score (nSPS) is 13.4.